The number of aromatic nitrogens is 1. The third-order valence-electron chi connectivity index (χ3n) is 3.39. The van der Waals surface area contributed by atoms with E-state index in [0.717, 1.165) is 5.69 Å². The van der Waals surface area contributed by atoms with Gasteiger partial charge in [-0.15, -0.1) is 0 Å². The summed E-state index contributed by atoms with van der Waals surface area (Å²) in [7, 11) is -3.02. The second-order valence-corrected chi connectivity index (χ2v) is 9.00. The van der Waals surface area contributed by atoms with Gasteiger partial charge in [0.25, 0.3) is 5.91 Å². The Hall–Kier alpha value is -1.14. The van der Waals surface area contributed by atoms with E-state index in [1.165, 1.54) is 6.07 Å². The predicted molar refractivity (Wildman–Crippen MR) is 82.5 cm³/mol. The molecule has 1 amide bonds. The highest BCUT2D eigenvalue weighted by atomic mass is 35.5. The Morgan fingerprint density at radius 3 is 2.57 bits per heavy atom. The number of nitrogens with zero attached hydrogens (tertiary/aromatic N) is 1. The summed E-state index contributed by atoms with van der Waals surface area (Å²) >= 11 is 5.98. The highest BCUT2D eigenvalue weighted by Gasteiger charge is 2.29. The van der Waals surface area contributed by atoms with Crippen LogP contribution in [0.2, 0.25) is 5.15 Å². The Labute approximate surface area is 130 Å². The van der Waals surface area contributed by atoms with Gasteiger partial charge in [0.05, 0.1) is 11.5 Å². The summed E-state index contributed by atoms with van der Waals surface area (Å²) < 4.78 is 22.8. The SMILES string of the molecule is CC(C)(C)c1cc(C(=O)NC2CCS(=O)(=O)C2)cc(Cl)n1. The fourth-order valence-electron chi connectivity index (χ4n) is 2.19. The molecule has 1 saturated heterocycles. The van der Waals surface area contributed by atoms with Gasteiger partial charge in [-0.1, -0.05) is 32.4 Å². The molecule has 2 heterocycles. The first-order valence-corrected chi connectivity index (χ1v) is 8.96. The van der Waals surface area contributed by atoms with Gasteiger partial charge in [0, 0.05) is 22.7 Å². The predicted octanol–water partition coefficient (Wildman–Crippen LogP) is 1.95. The van der Waals surface area contributed by atoms with Crippen molar-refractivity contribution in [1.82, 2.24) is 10.3 Å². The van der Waals surface area contributed by atoms with Crippen molar-refractivity contribution in [2.45, 2.75) is 38.6 Å². The van der Waals surface area contributed by atoms with Crippen LogP contribution in [0, 0.1) is 0 Å². The summed E-state index contributed by atoms with van der Waals surface area (Å²) in [6.45, 7) is 5.95. The van der Waals surface area contributed by atoms with Crippen LogP contribution in [0.15, 0.2) is 12.1 Å². The lowest BCUT2D eigenvalue weighted by Crippen LogP contribution is -2.35. The van der Waals surface area contributed by atoms with E-state index in [0.29, 0.717) is 12.0 Å². The van der Waals surface area contributed by atoms with Gasteiger partial charge in [-0.05, 0) is 18.6 Å². The normalized spacial score (nSPS) is 21.2. The van der Waals surface area contributed by atoms with Crippen LogP contribution >= 0.6 is 11.6 Å². The van der Waals surface area contributed by atoms with Gasteiger partial charge in [-0.25, -0.2) is 13.4 Å². The molecule has 21 heavy (non-hydrogen) atoms. The van der Waals surface area contributed by atoms with Crippen molar-refractivity contribution >= 4 is 27.3 Å². The molecule has 0 radical (unpaired) electrons. The molecule has 2 rings (SSSR count). The van der Waals surface area contributed by atoms with E-state index in [9.17, 15) is 13.2 Å². The minimum atomic E-state index is -3.02. The van der Waals surface area contributed by atoms with Crippen molar-refractivity contribution in [3.8, 4) is 0 Å². The highest BCUT2D eigenvalue weighted by Crippen LogP contribution is 2.23. The molecule has 1 aromatic heterocycles. The molecule has 0 saturated carbocycles. The number of nitrogens with one attached hydrogen (secondary N) is 1. The Kier molecular flexibility index (Phi) is 4.31. The molecule has 7 heteroatoms. The Balaban J connectivity index is 2.18. The van der Waals surface area contributed by atoms with Crippen LogP contribution in [-0.4, -0.2) is 36.9 Å². The van der Waals surface area contributed by atoms with Crippen LogP contribution in [-0.2, 0) is 15.3 Å². The van der Waals surface area contributed by atoms with Crippen molar-refractivity contribution in [2.24, 2.45) is 0 Å². The van der Waals surface area contributed by atoms with Crippen molar-refractivity contribution in [3.05, 3.63) is 28.5 Å². The highest BCUT2D eigenvalue weighted by molar-refractivity contribution is 7.91. The van der Waals surface area contributed by atoms with Crippen molar-refractivity contribution in [3.63, 3.8) is 0 Å². The zero-order valence-electron chi connectivity index (χ0n) is 12.3. The van der Waals surface area contributed by atoms with E-state index in [1.54, 1.807) is 6.07 Å². The van der Waals surface area contributed by atoms with E-state index in [-0.39, 0.29) is 34.0 Å². The van der Waals surface area contributed by atoms with Crippen LogP contribution < -0.4 is 5.32 Å². The van der Waals surface area contributed by atoms with Crippen LogP contribution in [0.25, 0.3) is 0 Å². The second-order valence-electron chi connectivity index (χ2n) is 6.39. The monoisotopic (exact) mass is 330 g/mol. The molecule has 1 aliphatic heterocycles. The van der Waals surface area contributed by atoms with E-state index >= 15 is 0 Å². The summed E-state index contributed by atoms with van der Waals surface area (Å²) in [5.74, 6) is -0.182. The van der Waals surface area contributed by atoms with Crippen LogP contribution in [0.1, 0.15) is 43.2 Å². The zero-order valence-corrected chi connectivity index (χ0v) is 13.9. The van der Waals surface area contributed by atoms with E-state index in [4.69, 9.17) is 11.6 Å². The summed E-state index contributed by atoms with van der Waals surface area (Å²) in [6, 6.07) is 2.87. The van der Waals surface area contributed by atoms with E-state index < -0.39 is 9.84 Å². The summed E-state index contributed by atoms with van der Waals surface area (Å²) in [4.78, 5) is 16.5. The summed E-state index contributed by atoms with van der Waals surface area (Å²) in [6.07, 6.45) is 0.457. The molecule has 0 bridgehead atoms. The number of carbonyl (C=O) groups excluding carboxylic acids is 1. The molecule has 1 aliphatic rings. The summed E-state index contributed by atoms with van der Waals surface area (Å²) in [5.41, 5.74) is 0.903. The largest absolute Gasteiger partial charge is 0.348 e. The third-order valence-corrected chi connectivity index (χ3v) is 5.35. The van der Waals surface area contributed by atoms with Crippen LogP contribution in [0.4, 0.5) is 0 Å². The Bertz CT molecular complexity index is 665. The standard InChI is InChI=1S/C14H19ClN2O3S/c1-14(2,3)11-6-9(7-12(15)17-11)13(18)16-10-4-5-21(19,20)8-10/h6-7,10H,4-5,8H2,1-3H3,(H,16,18). The fourth-order valence-corrected chi connectivity index (χ4v) is 4.07. The molecule has 0 aromatic carbocycles. The van der Waals surface area contributed by atoms with Crippen LogP contribution in [0.3, 0.4) is 0 Å². The molecule has 0 aliphatic carbocycles. The topological polar surface area (TPSA) is 76.1 Å². The number of sulfone groups is 1. The number of carbonyl (C=O) groups is 1. The van der Waals surface area contributed by atoms with Gasteiger partial charge >= 0.3 is 0 Å². The van der Waals surface area contributed by atoms with Crippen molar-refractivity contribution in [1.29, 1.82) is 0 Å². The van der Waals surface area contributed by atoms with Gasteiger partial charge in [-0.2, -0.15) is 0 Å². The lowest BCUT2D eigenvalue weighted by atomic mass is 9.91. The number of amides is 1. The molecular weight excluding hydrogens is 312 g/mol. The molecule has 1 atom stereocenters. The molecule has 116 valence electrons. The maximum atomic E-state index is 12.3. The second kappa shape index (κ2) is 5.57. The fraction of sp³-hybridized carbons (Fsp3) is 0.571. The van der Waals surface area contributed by atoms with E-state index in [1.807, 2.05) is 20.8 Å². The smallest absolute Gasteiger partial charge is 0.251 e. The number of pyridine rings is 1. The zero-order chi connectivity index (χ0) is 15.8. The van der Waals surface area contributed by atoms with Gasteiger partial charge in [0.2, 0.25) is 0 Å². The van der Waals surface area contributed by atoms with Crippen molar-refractivity contribution < 1.29 is 13.2 Å². The van der Waals surface area contributed by atoms with E-state index in [2.05, 4.69) is 10.3 Å². The number of rotatable bonds is 2. The first kappa shape index (κ1) is 16.2. The number of hydrogen-bond donors (Lipinski definition) is 1. The van der Waals surface area contributed by atoms with Gasteiger partial charge in [0.1, 0.15) is 5.15 Å². The first-order chi connectivity index (χ1) is 9.57. The summed E-state index contributed by atoms with van der Waals surface area (Å²) in [5, 5.41) is 3.01. The van der Waals surface area contributed by atoms with Gasteiger partial charge in [0.15, 0.2) is 9.84 Å². The minimum absolute atomic E-state index is 0.00365. The average molecular weight is 331 g/mol. The number of hydrogen-bond acceptors (Lipinski definition) is 4. The maximum absolute atomic E-state index is 12.3. The molecule has 1 fully saturated rings. The average Bonchev–Trinajstić information content (AvgIpc) is 2.66. The van der Waals surface area contributed by atoms with Crippen LogP contribution in [0.5, 0.6) is 0 Å². The quantitative estimate of drug-likeness (QED) is 0.841. The third kappa shape index (κ3) is 4.17. The molecule has 1 unspecified atom stereocenters. The molecule has 1 N–H and O–H groups in total. The maximum Gasteiger partial charge on any atom is 0.251 e. The van der Waals surface area contributed by atoms with Gasteiger partial charge in [-0.3, -0.25) is 4.79 Å². The number of halogens is 1. The first-order valence-electron chi connectivity index (χ1n) is 6.76. The molecule has 1 aromatic rings. The Morgan fingerprint density at radius 1 is 1.38 bits per heavy atom. The van der Waals surface area contributed by atoms with Gasteiger partial charge < -0.3 is 5.32 Å². The Morgan fingerprint density at radius 2 is 2.05 bits per heavy atom. The lowest BCUT2D eigenvalue weighted by Gasteiger charge is -2.19. The molecule has 5 nitrogen and oxygen atoms in total. The molecule has 0 spiro atoms. The van der Waals surface area contributed by atoms with Crippen molar-refractivity contribution in [2.75, 3.05) is 11.5 Å². The molecular formula is C14H19ClN2O3S. The lowest BCUT2D eigenvalue weighted by molar-refractivity contribution is 0.0941. The minimum Gasteiger partial charge on any atom is -0.348 e.